The van der Waals surface area contributed by atoms with Crippen LogP contribution in [0.2, 0.25) is 0 Å². The quantitative estimate of drug-likeness (QED) is 0.0834. The van der Waals surface area contributed by atoms with Gasteiger partial charge in [-0.25, -0.2) is 0 Å². The fourth-order valence-electron chi connectivity index (χ4n) is 3.85. The first-order valence-electron chi connectivity index (χ1n) is 12.4. The molecule has 6 heteroatoms. The van der Waals surface area contributed by atoms with E-state index in [0.717, 1.165) is 38.5 Å². The zero-order valence-corrected chi connectivity index (χ0v) is 21.7. The molecular formula is C25H51NO4P+. The largest absolute Gasteiger partial charge is 0.373 e. The Labute approximate surface area is 192 Å². The molecule has 0 aliphatic carbocycles. The molecule has 0 aromatic heterocycles. The standard InChI is InChI=1S/C25H50NO4P/c1-5-6-7-8-9-10-11-12-13-14-15-16-17-18-19-20-21-22-23-25(27,31(28,29)30)24-26(2,3)4/h6-7,15-16,27H,5,8-14,17-24H2,1-4H3,(H-,28,29,30)/p+1/b7-6-,16-15-. The number of hydrogen-bond donors (Lipinski definition) is 3. The number of rotatable bonds is 20. The predicted octanol–water partition coefficient (Wildman–Crippen LogP) is 6.54. The average Bonchev–Trinajstić information content (AvgIpc) is 2.65. The van der Waals surface area contributed by atoms with E-state index in [1.807, 2.05) is 21.1 Å². The maximum absolute atomic E-state index is 11.8. The topological polar surface area (TPSA) is 77.8 Å². The zero-order valence-electron chi connectivity index (χ0n) is 20.8. The maximum atomic E-state index is 11.8. The molecule has 1 unspecified atom stereocenters. The summed E-state index contributed by atoms with van der Waals surface area (Å²) in [4.78, 5) is 19.2. The number of hydrogen-bond acceptors (Lipinski definition) is 2. The Kier molecular flexibility index (Phi) is 16.8. The van der Waals surface area contributed by atoms with Gasteiger partial charge >= 0.3 is 7.60 Å². The molecule has 0 heterocycles. The third kappa shape index (κ3) is 17.7. The van der Waals surface area contributed by atoms with Gasteiger partial charge in [0, 0.05) is 0 Å². The number of allylic oxidation sites excluding steroid dienone is 4. The SMILES string of the molecule is CC/C=C\CCCCCCC/C=C\CCCCCCCC(O)(C[N+](C)(C)C)P(=O)(O)O. The Balaban J connectivity index is 3.68. The second kappa shape index (κ2) is 17.1. The second-order valence-corrected chi connectivity index (χ2v) is 11.9. The van der Waals surface area contributed by atoms with E-state index in [-0.39, 0.29) is 13.0 Å². The molecule has 0 rings (SSSR count). The third-order valence-corrected chi connectivity index (χ3v) is 6.98. The molecule has 3 N–H and O–H groups in total. The molecule has 0 aliphatic heterocycles. The Bertz CT molecular complexity index is 536. The van der Waals surface area contributed by atoms with Gasteiger partial charge in [0.2, 0.25) is 5.34 Å². The smallest absolute Gasteiger partial charge is 0.362 e. The molecule has 0 aromatic rings. The van der Waals surface area contributed by atoms with E-state index < -0.39 is 12.9 Å². The van der Waals surface area contributed by atoms with E-state index in [0.29, 0.717) is 10.9 Å². The van der Waals surface area contributed by atoms with Crippen molar-refractivity contribution in [3.8, 4) is 0 Å². The summed E-state index contributed by atoms with van der Waals surface area (Å²) in [6, 6.07) is 0. The summed E-state index contributed by atoms with van der Waals surface area (Å²) in [7, 11) is 0.956. The van der Waals surface area contributed by atoms with Gasteiger partial charge in [-0.3, -0.25) is 4.57 Å². The first-order chi connectivity index (χ1) is 14.5. The molecular weight excluding hydrogens is 409 g/mol. The molecule has 0 aromatic carbocycles. The molecule has 1 atom stereocenters. The summed E-state index contributed by atoms with van der Waals surface area (Å²) in [6.07, 6.45) is 25.5. The van der Waals surface area contributed by atoms with Crippen LogP contribution in [0.1, 0.15) is 103 Å². The minimum absolute atomic E-state index is 0.0539. The van der Waals surface area contributed by atoms with Gasteiger partial charge in [0.05, 0.1) is 21.1 Å². The van der Waals surface area contributed by atoms with E-state index in [1.54, 1.807) is 0 Å². The van der Waals surface area contributed by atoms with E-state index in [4.69, 9.17) is 0 Å². The van der Waals surface area contributed by atoms with Crippen molar-refractivity contribution >= 4 is 7.60 Å². The van der Waals surface area contributed by atoms with Crippen LogP contribution < -0.4 is 0 Å². The van der Waals surface area contributed by atoms with Gasteiger partial charge in [-0.15, -0.1) is 0 Å². The maximum Gasteiger partial charge on any atom is 0.362 e. The summed E-state index contributed by atoms with van der Waals surface area (Å²) in [5, 5.41) is 8.61. The highest BCUT2D eigenvalue weighted by atomic mass is 31.2. The minimum atomic E-state index is -4.55. The van der Waals surface area contributed by atoms with Crippen molar-refractivity contribution in [1.29, 1.82) is 0 Å². The highest BCUT2D eigenvalue weighted by Crippen LogP contribution is 2.52. The minimum Gasteiger partial charge on any atom is -0.373 e. The van der Waals surface area contributed by atoms with Crippen molar-refractivity contribution in [2.75, 3.05) is 27.7 Å². The van der Waals surface area contributed by atoms with Gasteiger partial charge in [0.1, 0.15) is 6.54 Å². The van der Waals surface area contributed by atoms with Crippen LogP contribution in [-0.2, 0) is 4.57 Å². The molecule has 31 heavy (non-hydrogen) atoms. The number of aliphatic hydroxyl groups is 1. The molecule has 0 spiro atoms. The summed E-state index contributed by atoms with van der Waals surface area (Å²) < 4.78 is 12.1. The van der Waals surface area contributed by atoms with Gasteiger partial charge in [-0.1, -0.05) is 69.8 Å². The molecule has 0 radical (unpaired) electrons. The Morgan fingerprint density at radius 3 is 1.48 bits per heavy atom. The second-order valence-electron chi connectivity index (χ2n) is 9.98. The number of quaternary nitrogens is 1. The van der Waals surface area contributed by atoms with Crippen molar-refractivity contribution < 1.29 is 23.9 Å². The highest BCUT2D eigenvalue weighted by Gasteiger charge is 2.48. The van der Waals surface area contributed by atoms with Crippen LogP contribution in [0.4, 0.5) is 0 Å². The zero-order chi connectivity index (χ0) is 23.6. The van der Waals surface area contributed by atoms with Gasteiger partial charge in [-0.05, 0) is 57.8 Å². The molecule has 0 bridgehead atoms. The van der Waals surface area contributed by atoms with Crippen molar-refractivity contribution in [1.82, 2.24) is 0 Å². The van der Waals surface area contributed by atoms with Crippen molar-refractivity contribution in [2.24, 2.45) is 0 Å². The van der Waals surface area contributed by atoms with Crippen molar-refractivity contribution in [3.05, 3.63) is 24.3 Å². The first-order valence-corrected chi connectivity index (χ1v) is 14.0. The average molecular weight is 461 g/mol. The lowest BCUT2D eigenvalue weighted by Crippen LogP contribution is -2.49. The van der Waals surface area contributed by atoms with E-state index in [2.05, 4.69) is 31.2 Å². The predicted molar refractivity (Wildman–Crippen MR) is 133 cm³/mol. The first kappa shape index (κ1) is 30.6. The van der Waals surface area contributed by atoms with E-state index in [1.165, 1.54) is 44.9 Å². The summed E-state index contributed by atoms with van der Waals surface area (Å²) in [5.74, 6) is 0. The molecule has 0 fully saturated rings. The van der Waals surface area contributed by atoms with Crippen LogP contribution in [0.25, 0.3) is 0 Å². The summed E-state index contributed by atoms with van der Waals surface area (Å²) in [6.45, 7) is 2.23. The van der Waals surface area contributed by atoms with Crippen LogP contribution >= 0.6 is 7.60 Å². The van der Waals surface area contributed by atoms with E-state index >= 15 is 0 Å². The summed E-state index contributed by atoms with van der Waals surface area (Å²) >= 11 is 0. The van der Waals surface area contributed by atoms with Crippen LogP contribution in [0.15, 0.2) is 24.3 Å². The lowest BCUT2D eigenvalue weighted by Gasteiger charge is -2.35. The van der Waals surface area contributed by atoms with Gasteiger partial charge in [0.15, 0.2) is 0 Å². The Hall–Kier alpha value is -0.450. The van der Waals surface area contributed by atoms with Crippen LogP contribution in [-0.4, -0.2) is 52.4 Å². The third-order valence-electron chi connectivity index (χ3n) is 5.53. The van der Waals surface area contributed by atoms with Crippen LogP contribution in [0.5, 0.6) is 0 Å². The van der Waals surface area contributed by atoms with Gasteiger partial charge < -0.3 is 19.4 Å². The van der Waals surface area contributed by atoms with Crippen LogP contribution in [0.3, 0.4) is 0 Å². The monoisotopic (exact) mass is 460 g/mol. The molecule has 0 aliphatic rings. The lowest BCUT2D eigenvalue weighted by atomic mass is 10.1. The molecule has 0 saturated heterocycles. The molecule has 0 amide bonds. The van der Waals surface area contributed by atoms with Crippen LogP contribution in [0, 0.1) is 0 Å². The van der Waals surface area contributed by atoms with Crippen molar-refractivity contribution in [2.45, 2.75) is 109 Å². The fraction of sp³-hybridized carbons (Fsp3) is 0.840. The fourth-order valence-corrected chi connectivity index (χ4v) is 4.91. The Morgan fingerprint density at radius 2 is 1.10 bits per heavy atom. The highest BCUT2D eigenvalue weighted by molar-refractivity contribution is 7.53. The van der Waals surface area contributed by atoms with Crippen molar-refractivity contribution in [3.63, 3.8) is 0 Å². The van der Waals surface area contributed by atoms with Gasteiger partial charge in [0.25, 0.3) is 0 Å². The molecule has 0 saturated carbocycles. The summed E-state index contributed by atoms with van der Waals surface area (Å²) in [5.41, 5.74) is 0. The Morgan fingerprint density at radius 1 is 0.710 bits per heavy atom. The molecule has 5 nitrogen and oxygen atoms in total. The number of likely N-dealkylation sites (N-methyl/N-ethyl adjacent to an activating group) is 1. The molecule has 184 valence electrons. The number of nitrogens with zero attached hydrogens (tertiary/aromatic N) is 1. The normalized spacial score (nSPS) is 15.2. The van der Waals surface area contributed by atoms with E-state index in [9.17, 15) is 19.5 Å². The number of unbranched alkanes of at least 4 members (excludes halogenated alkanes) is 11. The van der Waals surface area contributed by atoms with Gasteiger partial charge in [-0.2, -0.15) is 0 Å². The lowest BCUT2D eigenvalue weighted by molar-refractivity contribution is -0.875.